The Bertz CT molecular complexity index is 1010. The van der Waals surface area contributed by atoms with E-state index in [9.17, 15) is 4.79 Å². The Labute approximate surface area is 262 Å². The SMILES string of the molecule is C1CCCC1.CCOC(=O)C[S-].[Ru+2].c1ccc(P(CP(c2ccccc2)c2ccccc2)c2ccccc2)cc1. The van der Waals surface area contributed by atoms with Crippen LogP contribution in [0.3, 0.4) is 0 Å². The second kappa shape index (κ2) is 21.0. The second-order valence-corrected chi connectivity index (χ2v) is 14.3. The van der Waals surface area contributed by atoms with E-state index in [1.807, 2.05) is 0 Å². The molecule has 4 aromatic carbocycles. The van der Waals surface area contributed by atoms with E-state index in [2.05, 4.69) is 139 Å². The molecule has 4 aromatic rings. The summed E-state index contributed by atoms with van der Waals surface area (Å²) >= 11 is 4.37. The quantitative estimate of drug-likeness (QED) is 0.0853. The summed E-state index contributed by atoms with van der Waals surface area (Å²) < 4.78 is 4.45. The minimum Gasteiger partial charge on any atom is -0.782 e. The van der Waals surface area contributed by atoms with Gasteiger partial charge in [0.05, 0.1) is 6.61 Å². The molecule has 0 amide bonds. The van der Waals surface area contributed by atoms with Crippen LogP contribution in [0.2, 0.25) is 0 Å². The molecule has 210 valence electrons. The molecule has 1 saturated carbocycles. The van der Waals surface area contributed by atoms with Gasteiger partial charge < -0.3 is 17.4 Å². The predicted octanol–water partition coefficient (Wildman–Crippen LogP) is 7.25. The van der Waals surface area contributed by atoms with Gasteiger partial charge in [-0.2, -0.15) is 0 Å². The van der Waals surface area contributed by atoms with Gasteiger partial charge in [-0.15, -0.1) is 0 Å². The average molecular weight is 675 g/mol. The van der Waals surface area contributed by atoms with Crippen LogP contribution in [0.25, 0.3) is 0 Å². The fraction of sp³-hybridized carbons (Fsp3) is 0.265. The first-order valence-corrected chi connectivity index (χ1v) is 17.3. The zero-order chi connectivity index (χ0) is 27.5. The third-order valence-corrected chi connectivity index (χ3v) is 12.4. The van der Waals surface area contributed by atoms with Gasteiger partial charge in [0.15, 0.2) is 0 Å². The van der Waals surface area contributed by atoms with Gasteiger partial charge in [-0.25, -0.2) is 0 Å². The number of esters is 1. The standard InChI is InChI=1S/C25H22P2.C5H10.C4H8O2S.Ru/c1-5-13-22(14-6-1)26(23-15-7-2-8-16-23)21-27(24-17-9-3-10-18-24)25-19-11-4-12-20-25;1-2-4-5-3-1;1-2-6-4(5)3-7;/h1-20H,21H2;1-5H2;7H,2-3H2,1H3;/q;;;+2/p-1. The summed E-state index contributed by atoms with van der Waals surface area (Å²) in [5.74, 6) is 0.929. The number of hydrogen-bond acceptors (Lipinski definition) is 3. The van der Waals surface area contributed by atoms with Crippen molar-refractivity contribution in [2.75, 3.05) is 18.3 Å². The van der Waals surface area contributed by atoms with E-state index >= 15 is 0 Å². The zero-order valence-electron chi connectivity index (χ0n) is 23.2. The number of benzene rings is 4. The number of rotatable bonds is 8. The molecule has 2 nitrogen and oxygen atoms in total. The number of ether oxygens (including phenoxy) is 1. The van der Waals surface area contributed by atoms with Crippen LogP contribution in [0.15, 0.2) is 121 Å². The monoisotopic (exact) mass is 675 g/mol. The molecule has 0 aliphatic heterocycles. The third kappa shape index (κ3) is 12.4. The van der Waals surface area contributed by atoms with E-state index < -0.39 is 15.8 Å². The van der Waals surface area contributed by atoms with Crippen LogP contribution in [0.5, 0.6) is 0 Å². The fourth-order valence-corrected chi connectivity index (χ4v) is 10.8. The Morgan fingerprint density at radius 1 is 0.600 bits per heavy atom. The van der Waals surface area contributed by atoms with Crippen molar-refractivity contribution in [2.45, 2.75) is 39.0 Å². The summed E-state index contributed by atoms with van der Waals surface area (Å²) in [7, 11) is -0.817. The summed E-state index contributed by atoms with van der Waals surface area (Å²) in [5.41, 5.74) is 0. The molecular formula is C34H39O2P2RuS+. The van der Waals surface area contributed by atoms with Gasteiger partial charge in [-0.3, -0.25) is 4.79 Å². The zero-order valence-corrected chi connectivity index (χ0v) is 27.5. The molecule has 1 aliphatic carbocycles. The Morgan fingerprint density at radius 3 is 1.07 bits per heavy atom. The molecule has 0 saturated heterocycles. The second-order valence-electron chi connectivity index (χ2n) is 9.06. The van der Waals surface area contributed by atoms with Crippen molar-refractivity contribution >= 4 is 55.7 Å². The summed E-state index contributed by atoms with van der Waals surface area (Å²) in [4.78, 5) is 10.1. The minimum atomic E-state index is -0.409. The van der Waals surface area contributed by atoms with Crippen molar-refractivity contribution in [3.05, 3.63) is 121 Å². The third-order valence-electron chi connectivity index (χ3n) is 6.23. The van der Waals surface area contributed by atoms with Crippen molar-refractivity contribution in [2.24, 2.45) is 0 Å². The van der Waals surface area contributed by atoms with Gasteiger partial charge >= 0.3 is 19.5 Å². The van der Waals surface area contributed by atoms with E-state index in [0.29, 0.717) is 6.61 Å². The van der Waals surface area contributed by atoms with Gasteiger partial charge in [0.1, 0.15) is 0 Å². The predicted molar refractivity (Wildman–Crippen MR) is 175 cm³/mol. The number of hydrogen-bond donors (Lipinski definition) is 0. The van der Waals surface area contributed by atoms with Crippen LogP contribution in [0, 0.1) is 0 Å². The summed E-state index contributed by atoms with van der Waals surface area (Å²) in [6.07, 6.45) is 7.50. The molecule has 0 spiro atoms. The van der Waals surface area contributed by atoms with Gasteiger partial charge in [-0.1, -0.05) is 159 Å². The van der Waals surface area contributed by atoms with Crippen LogP contribution in [-0.2, 0) is 41.6 Å². The molecule has 1 fully saturated rings. The molecule has 0 radical (unpaired) electrons. The van der Waals surface area contributed by atoms with Crippen molar-refractivity contribution in [1.29, 1.82) is 0 Å². The molecule has 0 N–H and O–H groups in total. The first kappa shape index (κ1) is 34.4. The molecule has 0 atom stereocenters. The van der Waals surface area contributed by atoms with Gasteiger partial charge in [0, 0.05) is 5.90 Å². The first-order valence-electron chi connectivity index (χ1n) is 13.7. The van der Waals surface area contributed by atoms with E-state index in [4.69, 9.17) is 0 Å². The van der Waals surface area contributed by atoms with Crippen molar-refractivity contribution in [3.63, 3.8) is 0 Å². The van der Waals surface area contributed by atoms with Gasteiger partial charge in [0.2, 0.25) is 0 Å². The van der Waals surface area contributed by atoms with Crippen molar-refractivity contribution in [3.8, 4) is 0 Å². The summed E-state index contributed by atoms with van der Waals surface area (Å²) in [5, 5.41) is 5.83. The normalized spacial score (nSPS) is 11.9. The molecule has 0 aromatic heterocycles. The van der Waals surface area contributed by atoms with E-state index in [0.717, 1.165) is 0 Å². The molecule has 6 heteroatoms. The number of carbonyl (C=O) groups excluding carboxylic acids is 1. The maximum absolute atomic E-state index is 10.1. The molecule has 40 heavy (non-hydrogen) atoms. The van der Waals surface area contributed by atoms with Crippen LogP contribution < -0.4 is 21.2 Å². The Hall–Kier alpha value is -1.82. The van der Waals surface area contributed by atoms with Gasteiger partial charge in [0.25, 0.3) is 5.97 Å². The molecule has 5 rings (SSSR count). The molecule has 1 aliphatic rings. The Morgan fingerprint density at radius 2 is 0.875 bits per heavy atom. The Kier molecular flexibility index (Phi) is 18.0. The smallest absolute Gasteiger partial charge is 0.782 e. The molecule has 0 unspecified atom stereocenters. The number of carbonyl (C=O) groups is 1. The van der Waals surface area contributed by atoms with Crippen LogP contribution >= 0.6 is 15.8 Å². The Balaban J connectivity index is 0.000000360. The van der Waals surface area contributed by atoms with Crippen LogP contribution in [-0.4, -0.2) is 24.2 Å². The average Bonchev–Trinajstić information content (AvgIpc) is 3.61. The van der Waals surface area contributed by atoms with E-state index in [1.165, 1.54) is 59.2 Å². The molecule has 0 heterocycles. The van der Waals surface area contributed by atoms with Crippen LogP contribution in [0.4, 0.5) is 0 Å². The summed E-state index contributed by atoms with van der Waals surface area (Å²) in [6, 6.07) is 44.1. The largest absolute Gasteiger partial charge is 2.00 e. The van der Waals surface area contributed by atoms with Crippen molar-refractivity contribution in [1.82, 2.24) is 0 Å². The van der Waals surface area contributed by atoms with Gasteiger partial charge in [-0.05, 0) is 44.0 Å². The maximum atomic E-state index is 10.1. The van der Waals surface area contributed by atoms with E-state index in [1.54, 1.807) is 6.92 Å². The minimum absolute atomic E-state index is 0. The molecule has 0 bridgehead atoms. The first-order chi connectivity index (χ1) is 19.2. The van der Waals surface area contributed by atoms with Crippen molar-refractivity contribution < 1.29 is 29.0 Å². The van der Waals surface area contributed by atoms with Crippen LogP contribution in [0.1, 0.15) is 39.0 Å². The fourth-order valence-electron chi connectivity index (χ4n) is 4.28. The molecular weight excluding hydrogens is 635 g/mol. The van der Waals surface area contributed by atoms with E-state index in [-0.39, 0.29) is 31.2 Å². The topological polar surface area (TPSA) is 26.3 Å². The summed E-state index contributed by atoms with van der Waals surface area (Å²) in [6.45, 7) is 2.18. The maximum Gasteiger partial charge on any atom is 2.00 e.